The first kappa shape index (κ1) is 22.4. The van der Waals surface area contributed by atoms with Gasteiger partial charge in [0.2, 0.25) is 17.7 Å². The van der Waals surface area contributed by atoms with Gasteiger partial charge in [-0.1, -0.05) is 12.8 Å². The smallest absolute Gasteiger partial charge is 0.247 e. The van der Waals surface area contributed by atoms with Gasteiger partial charge in [-0.05, 0) is 63.8 Å². The number of carbonyl (C=O) groups is 3. The molecule has 1 unspecified atom stereocenters. The summed E-state index contributed by atoms with van der Waals surface area (Å²) in [5, 5.41) is 3.99. The van der Waals surface area contributed by atoms with Gasteiger partial charge in [-0.15, -0.1) is 0 Å². The van der Waals surface area contributed by atoms with Crippen molar-refractivity contribution < 1.29 is 14.4 Å². The minimum absolute atomic E-state index is 0.0955. The summed E-state index contributed by atoms with van der Waals surface area (Å²) in [5.74, 6) is 0.242. The molecule has 4 rings (SSSR count). The SMILES string of the molecule is CCN(CC)C(=O)Cn1ccc2cc(NC(=O)C3CCCN3C(=O)C3CCCC3)ccc21. The number of fused-ring (bicyclic) bond motifs is 1. The number of likely N-dealkylation sites (tertiary alicyclic amines) is 1. The van der Waals surface area contributed by atoms with Crippen molar-refractivity contribution in [1.82, 2.24) is 14.4 Å². The molecule has 1 aliphatic heterocycles. The maximum atomic E-state index is 13.0. The second kappa shape index (κ2) is 9.76. The summed E-state index contributed by atoms with van der Waals surface area (Å²) in [5.41, 5.74) is 1.68. The van der Waals surface area contributed by atoms with Crippen molar-refractivity contribution in [3.05, 3.63) is 30.5 Å². The Morgan fingerprint density at radius 3 is 2.50 bits per heavy atom. The van der Waals surface area contributed by atoms with Gasteiger partial charge in [-0.25, -0.2) is 0 Å². The topological polar surface area (TPSA) is 74.7 Å². The van der Waals surface area contributed by atoms with Crippen LogP contribution in [0.5, 0.6) is 0 Å². The minimum Gasteiger partial charge on any atom is -0.342 e. The number of nitrogens with zero attached hydrogens (tertiary/aromatic N) is 3. The summed E-state index contributed by atoms with van der Waals surface area (Å²) in [4.78, 5) is 42.0. The minimum atomic E-state index is -0.380. The van der Waals surface area contributed by atoms with Crippen LogP contribution in [0.15, 0.2) is 30.5 Å². The lowest BCUT2D eigenvalue weighted by Gasteiger charge is -2.26. The van der Waals surface area contributed by atoms with Gasteiger partial charge in [0, 0.05) is 48.3 Å². The molecule has 1 saturated heterocycles. The highest BCUT2D eigenvalue weighted by molar-refractivity contribution is 5.99. The zero-order valence-corrected chi connectivity index (χ0v) is 19.2. The Labute approximate surface area is 189 Å². The van der Waals surface area contributed by atoms with Crippen LogP contribution in [-0.4, -0.2) is 57.8 Å². The maximum Gasteiger partial charge on any atom is 0.247 e. The third-order valence-electron chi connectivity index (χ3n) is 7.00. The molecule has 0 spiro atoms. The molecular formula is C25H34N4O3. The van der Waals surface area contributed by atoms with Crippen LogP contribution < -0.4 is 5.32 Å². The van der Waals surface area contributed by atoms with E-state index >= 15 is 0 Å². The second-order valence-electron chi connectivity index (χ2n) is 8.94. The third kappa shape index (κ3) is 4.52. The van der Waals surface area contributed by atoms with Crippen LogP contribution in [0.2, 0.25) is 0 Å². The predicted octanol–water partition coefficient (Wildman–Crippen LogP) is 3.63. The van der Waals surface area contributed by atoms with Crippen molar-refractivity contribution in [2.24, 2.45) is 5.92 Å². The molecular weight excluding hydrogens is 404 g/mol. The van der Waals surface area contributed by atoms with E-state index < -0.39 is 0 Å². The number of carbonyl (C=O) groups excluding carboxylic acids is 3. The normalized spacial score (nSPS) is 18.9. The molecule has 1 N–H and O–H groups in total. The van der Waals surface area contributed by atoms with Crippen molar-refractivity contribution in [3.63, 3.8) is 0 Å². The largest absolute Gasteiger partial charge is 0.342 e. The second-order valence-corrected chi connectivity index (χ2v) is 8.94. The molecule has 1 aromatic carbocycles. The highest BCUT2D eigenvalue weighted by Crippen LogP contribution is 2.30. The van der Waals surface area contributed by atoms with Crippen molar-refractivity contribution in [3.8, 4) is 0 Å². The van der Waals surface area contributed by atoms with E-state index in [-0.39, 0.29) is 29.7 Å². The van der Waals surface area contributed by atoms with Crippen molar-refractivity contribution >= 4 is 34.3 Å². The van der Waals surface area contributed by atoms with Crippen LogP contribution in [0.3, 0.4) is 0 Å². The van der Waals surface area contributed by atoms with Crippen LogP contribution in [0.25, 0.3) is 10.9 Å². The lowest BCUT2D eigenvalue weighted by atomic mass is 10.1. The summed E-state index contributed by atoms with van der Waals surface area (Å²) < 4.78 is 1.95. The Kier molecular flexibility index (Phi) is 6.82. The lowest BCUT2D eigenvalue weighted by molar-refractivity contribution is -0.140. The fourth-order valence-electron chi connectivity index (χ4n) is 5.17. The van der Waals surface area contributed by atoms with Crippen molar-refractivity contribution in [2.45, 2.75) is 65.0 Å². The van der Waals surface area contributed by atoms with Gasteiger partial charge in [0.1, 0.15) is 12.6 Å². The molecule has 2 heterocycles. The van der Waals surface area contributed by atoms with E-state index in [2.05, 4.69) is 5.32 Å². The number of hydrogen-bond acceptors (Lipinski definition) is 3. The van der Waals surface area contributed by atoms with Crippen molar-refractivity contribution in [2.75, 3.05) is 25.0 Å². The Balaban J connectivity index is 1.43. The first-order valence-electron chi connectivity index (χ1n) is 12.0. The Hall–Kier alpha value is -2.83. The van der Waals surface area contributed by atoms with E-state index in [1.54, 1.807) is 4.90 Å². The number of likely N-dealkylation sites (N-methyl/N-ethyl adjacent to an activating group) is 1. The predicted molar refractivity (Wildman–Crippen MR) is 125 cm³/mol. The van der Waals surface area contributed by atoms with E-state index in [4.69, 9.17) is 0 Å². The van der Waals surface area contributed by atoms with Crippen LogP contribution in [0.1, 0.15) is 52.4 Å². The molecule has 3 amide bonds. The summed E-state index contributed by atoms with van der Waals surface area (Å²) in [6, 6.07) is 7.33. The Bertz CT molecular complexity index is 988. The van der Waals surface area contributed by atoms with Crippen LogP contribution in [-0.2, 0) is 20.9 Å². The number of benzene rings is 1. The van der Waals surface area contributed by atoms with E-state index in [0.717, 1.165) is 55.1 Å². The third-order valence-corrected chi connectivity index (χ3v) is 7.00. The van der Waals surface area contributed by atoms with Crippen LogP contribution in [0.4, 0.5) is 5.69 Å². The van der Waals surface area contributed by atoms with Crippen molar-refractivity contribution in [1.29, 1.82) is 0 Å². The molecule has 0 bridgehead atoms. The van der Waals surface area contributed by atoms with E-state index in [1.165, 1.54) is 0 Å². The fraction of sp³-hybridized carbons (Fsp3) is 0.560. The highest BCUT2D eigenvalue weighted by Gasteiger charge is 2.37. The molecule has 1 aromatic heterocycles. The van der Waals surface area contributed by atoms with Crippen LogP contribution >= 0.6 is 0 Å². The van der Waals surface area contributed by atoms with E-state index in [1.807, 2.05) is 53.8 Å². The zero-order chi connectivity index (χ0) is 22.7. The zero-order valence-electron chi connectivity index (χ0n) is 19.2. The van der Waals surface area contributed by atoms with Gasteiger partial charge in [-0.3, -0.25) is 14.4 Å². The lowest BCUT2D eigenvalue weighted by Crippen LogP contribution is -2.45. The number of aromatic nitrogens is 1. The molecule has 32 heavy (non-hydrogen) atoms. The monoisotopic (exact) mass is 438 g/mol. The number of amides is 3. The molecule has 7 nitrogen and oxygen atoms in total. The number of anilines is 1. The molecule has 172 valence electrons. The fourth-order valence-corrected chi connectivity index (χ4v) is 5.17. The van der Waals surface area contributed by atoms with Gasteiger partial charge >= 0.3 is 0 Å². The molecule has 2 aliphatic rings. The average Bonchev–Trinajstić information content (AvgIpc) is 3.55. The van der Waals surface area contributed by atoms with Crippen LogP contribution in [0, 0.1) is 5.92 Å². The first-order valence-corrected chi connectivity index (χ1v) is 12.0. The van der Waals surface area contributed by atoms with Gasteiger partial charge in [0.15, 0.2) is 0 Å². The van der Waals surface area contributed by atoms with E-state index in [0.29, 0.717) is 26.2 Å². The summed E-state index contributed by atoms with van der Waals surface area (Å²) >= 11 is 0. The molecule has 1 saturated carbocycles. The molecule has 0 radical (unpaired) electrons. The number of rotatable bonds is 7. The first-order chi connectivity index (χ1) is 15.5. The molecule has 2 fully saturated rings. The Morgan fingerprint density at radius 1 is 1.03 bits per heavy atom. The molecule has 1 atom stereocenters. The summed E-state index contributed by atoms with van der Waals surface area (Å²) in [6.45, 7) is 6.35. The van der Waals surface area contributed by atoms with Gasteiger partial charge in [-0.2, -0.15) is 0 Å². The van der Waals surface area contributed by atoms with E-state index in [9.17, 15) is 14.4 Å². The molecule has 2 aromatic rings. The maximum absolute atomic E-state index is 13.0. The summed E-state index contributed by atoms with van der Waals surface area (Å²) in [6.07, 6.45) is 7.64. The highest BCUT2D eigenvalue weighted by atomic mass is 16.2. The standard InChI is InChI=1S/C25H34N4O3/c1-3-27(4-2)23(30)17-28-15-13-19-16-20(11-12-21(19)28)26-24(31)22-10-7-14-29(22)25(32)18-8-5-6-9-18/h11-13,15-16,18,22H,3-10,14,17H2,1-2H3,(H,26,31). The molecule has 1 aliphatic carbocycles. The number of nitrogens with one attached hydrogen (secondary N) is 1. The Morgan fingerprint density at radius 2 is 1.78 bits per heavy atom. The average molecular weight is 439 g/mol. The number of hydrogen-bond donors (Lipinski definition) is 1. The molecule has 7 heteroatoms. The van der Waals surface area contributed by atoms with Gasteiger partial charge < -0.3 is 19.7 Å². The quantitative estimate of drug-likeness (QED) is 0.717. The summed E-state index contributed by atoms with van der Waals surface area (Å²) in [7, 11) is 0. The van der Waals surface area contributed by atoms with Gasteiger partial charge in [0.25, 0.3) is 0 Å². The van der Waals surface area contributed by atoms with Gasteiger partial charge in [0.05, 0.1) is 0 Å².